The van der Waals surface area contributed by atoms with Crippen LogP contribution in [0.3, 0.4) is 0 Å². The van der Waals surface area contributed by atoms with Gasteiger partial charge in [-0.05, 0) is 30.4 Å². The predicted octanol–water partition coefficient (Wildman–Crippen LogP) is 3.16. The van der Waals surface area contributed by atoms with E-state index in [0.29, 0.717) is 12.0 Å². The van der Waals surface area contributed by atoms with Crippen LogP contribution in [0.2, 0.25) is 0 Å². The van der Waals surface area contributed by atoms with Crippen LogP contribution in [0.15, 0.2) is 18.2 Å². The number of benzene rings is 1. The monoisotopic (exact) mass is 267 g/mol. The summed E-state index contributed by atoms with van der Waals surface area (Å²) in [5, 5.41) is 0. The first-order valence-corrected chi connectivity index (χ1v) is 6.39. The molecule has 0 saturated carbocycles. The van der Waals surface area contributed by atoms with Crippen LogP contribution in [-0.2, 0) is 10.2 Å². The molecule has 19 heavy (non-hydrogen) atoms. The lowest BCUT2D eigenvalue weighted by Gasteiger charge is -2.22. The number of hydrogen-bond donors (Lipinski definition) is 1. The van der Waals surface area contributed by atoms with Crippen molar-refractivity contribution >= 4 is 5.97 Å². The van der Waals surface area contributed by atoms with E-state index in [1.54, 1.807) is 26.0 Å². The van der Waals surface area contributed by atoms with Crippen LogP contribution < -0.4 is 10.5 Å². The zero-order chi connectivity index (χ0) is 14.8. The van der Waals surface area contributed by atoms with E-state index in [4.69, 9.17) is 10.5 Å². The van der Waals surface area contributed by atoms with Crippen molar-refractivity contribution < 1.29 is 13.9 Å². The maximum Gasteiger partial charge on any atom is 0.331 e. The van der Waals surface area contributed by atoms with E-state index in [9.17, 15) is 9.18 Å². The van der Waals surface area contributed by atoms with Crippen LogP contribution >= 0.6 is 0 Å². The molecule has 0 heterocycles. The second kappa shape index (κ2) is 5.29. The van der Waals surface area contributed by atoms with Crippen molar-refractivity contribution in [2.75, 3.05) is 0 Å². The summed E-state index contributed by atoms with van der Waals surface area (Å²) in [5.74, 6) is -0.758. The maximum absolute atomic E-state index is 14.0. The molecule has 0 bridgehead atoms. The van der Waals surface area contributed by atoms with Crippen molar-refractivity contribution in [2.24, 2.45) is 5.73 Å². The largest absolute Gasteiger partial charge is 0.425 e. The highest BCUT2D eigenvalue weighted by molar-refractivity contribution is 5.82. The molecule has 0 saturated heterocycles. The van der Waals surface area contributed by atoms with E-state index in [2.05, 4.69) is 0 Å². The number of carbonyl (C=O) groups excluding carboxylic acids is 1. The summed E-state index contributed by atoms with van der Waals surface area (Å²) in [5.41, 5.74) is 5.01. The van der Waals surface area contributed by atoms with Gasteiger partial charge in [-0.1, -0.05) is 33.8 Å². The summed E-state index contributed by atoms with van der Waals surface area (Å²) in [7, 11) is 0. The highest BCUT2D eigenvalue weighted by atomic mass is 19.1. The Bertz CT molecular complexity index is 476. The van der Waals surface area contributed by atoms with Crippen LogP contribution in [0, 0.1) is 5.82 Å². The van der Waals surface area contributed by atoms with Crippen molar-refractivity contribution in [3.63, 3.8) is 0 Å². The molecule has 106 valence electrons. The van der Waals surface area contributed by atoms with Crippen molar-refractivity contribution in [3.8, 4) is 5.75 Å². The van der Waals surface area contributed by atoms with E-state index >= 15 is 0 Å². The molecule has 1 atom stereocenters. The Kier molecular flexibility index (Phi) is 4.35. The second-order valence-corrected chi connectivity index (χ2v) is 6.05. The number of rotatable bonds is 3. The molecule has 3 nitrogen and oxygen atoms in total. The lowest BCUT2D eigenvalue weighted by molar-refractivity contribution is -0.139. The third-order valence-electron chi connectivity index (χ3n) is 3.16. The minimum Gasteiger partial charge on any atom is -0.425 e. The zero-order valence-electron chi connectivity index (χ0n) is 12.2. The van der Waals surface area contributed by atoms with Crippen LogP contribution in [0.4, 0.5) is 4.39 Å². The minimum absolute atomic E-state index is 0.181. The third-order valence-corrected chi connectivity index (χ3v) is 3.16. The van der Waals surface area contributed by atoms with Gasteiger partial charge in [0, 0.05) is 6.07 Å². The highest BCUT2D eigenvalue weighted by Gasteiger charge is 2.28. The summed E-state index contributed by atoms with van der Waals surface area (Å²) < 4.78 is 19.1. The Morgan fingerprint density at radius 2 is 1.89 bits per heavy atom. The van der Waals surface area contributed by atoms with Gasteiger partial charge in [-0.15, -0.1) is 0 Å². The molecule has 0 aromatic heterocycles. The maximum atomic E-state index is 14.0. The molecule has 0 amide bonds. The molecule has 1 aromatic carbocycles. The topological polar surface area (TPSA) is 52.3 Å². The summed E-state index contributed by atoms with van der Waals surface area (Å²) >= 11 is 0. The van der Waals surface area contributed by atoms with Gasteiger partial charge in [-0.3, -0.25) is 0 Å². The predicted molar refractivity (Wildman–Crippen MR) is 73.6 cm³/mol. The number of esters is 1. The average molecular weight is 267 g/mol. The molecule has 0 spiro atoms. The number of nitrogens with two attached hydrogens (primary N) is 1. The molecular weight excluding hydrogens is 245 g/mol. The Labute approximate surface area is 113 Å². The molecule has 0 aliphatic carbocycles. The zero-order valence-corrected chi connectivity index (χ0v) is 12.2. The molecular formula is C15H22FNO2. The van der Waals surface area contributed by atoms with Gasteiger partial charge < -0.3 is 10.5 Å². The Morgan fingerprint density at radius 3 is 2.32 bits per heavy atom. The number of carbonyl (C=O) groups is 1. The van der Waals surface area contributed by atoms with Gasteiger partial charge in [0.1, 0.15) is 17.1 Å². The number of halogens is 1. The molecule has 0 aliphatic rings. The van der Waals surface area contributed by atoms with Gasteiger partial charge in [0.2, 0.25) is 0 Å². The Morgan fingerprint density at radius 1 is 1.32 bits per heavy atom. The fourth-order valence-corrected chi connectivity index (χ4v) is 1.54. The smallest absolute Gasteiger partial charge is 0.331 e. The standard InChI is InChI=1S/C15H22FNO2/c1-6-15(5,17)13(18)19-10-7-8-11(12(16)9-10)14(2,3)4/h7-9H,6,17H2,1-5H3/t15-/m0/s1. The van der Waals surface area contributed by atoms with Crippen molar-refractivity contribution in [1.29, 1.82) is 0 Å². The van der Waals surface area contributed by atoms with E-state index in [1.807, 2.05) is 20.8 Å². The molecule has 2 N–H and O–H groups in total. The van der Waals surface area contributed by atoms with Crippen LogP contribution in [0.5, 0.6) is 5.75 Å². The summed E-state index contributed by atoms with van der Waals surface area (Å²) in [6, 6.07) is 4.45. The van der Waals surface area contributed by atoms with Crippen LogP contribution in [0.1, 0.15) is 46.6 Å². The van der Waals surface area contributed by atoms with Crippen LogP contribution in [-0.4, -0.2) is 11.5 Å². The first-order chi connectivity index (χ1) is 8.58. The highest BCUT2D eigenvalue weighted by Crippen LogP contribution is 2.28. The Balaban J connectivity index is 2.95. The van der Waals surface area contributed by atoms with E-state index in [-0.39, 0.29) is 17.0 Å². The van der Waals surface area contributed by atoms with E-state index in [1.165, 1.54) is 6.07 Å². The molecule has 1 aromatic rings. The fourth-order valence-electron chi connectivity index (χ4n) is 1.54. The van der Waals surface area contributed by atoms with Crippen molar-refractivity contribution in [3.05, 3.63) is 29.6 Å². The molecule has 0 unspecified atom stereocenters. The van der Waals surface area contributed by atoms with Gasteiger partial charge in [0.25, 0.3) is 0 Å². The normalized spacial score (nSPS) is 14.9. The molecule has 0 radical (unpaired) electrons. The van der Waals surface area contributed by atoms with E-state index < -0.39 is 11.5 Å². The van der Waals surface area contributed by atoms with E-state index in [0.717, 1.165) is 0 Å². The number of ether oxygens (including phenoxy) is 1. The minimum atomic E-state index is -1.06. The van der Waals surface area contributed by atoms with Gasteiger partial charge in [0.05, 0.1) is 0 Å². The lowest BCUT2D eigenvalue weighted by atomic mass is 9.86. The molecule has 0 fully saturated rings. The Hall–Kier alpha value is -1.42. The summed E-state index contributed by atoms with van der Waals surface area (Å²) in [6.45, 7) is 9.15. The fraction of sp³-hybridized carbons (Fsp3) is 0.533. The SMILES string of the molecule is CC[C@](C)(N)C(=O)Oc1ccc(C(C)(C)C)c(F)c1. The number of hydrogen-bond acceptors (Lipinski definition) is 3. The lowest BCUT2D eigenvalue weighted by Crippen LogP contribution is -2.46. The van der Waals surface area contributed by atoms with Crippen molar-refractivity contribution in [1.82, 2.24) is 0 Å². The first-order valence-electron chi connectivity index (χ1n) is 6.39. The second-order valence-electron chi connectivity index (χ2n) is 6.05. The molecule has 1 rings (SSSR count). The molecule has 4 heteroatoms. The molecule has 0 aliphatic heterocycles. The van der Waals surface area contributed by atoms with Crippen molar-refractivity contribution in [2.45, 2.75) is 52.0 Å². The summed E-state index contributed by atoms with van der Waals surface area (Å²) in [4.78, 5) is 11.8. The van der Waals surface area contributed by atoms with Gasteiger partial charge in [0.15, 0.2) is 0 Å². The van der Waals surface area contributed by atoms with Gasteiger partial charge in [-0.2, -0.15) is 0 Å². The average Bonchev–Trinajstić information content (AvgIpc) is 2.27. The third kappa shape index (κ3) is 3.77. The quantitative estimate of drug-likeness (QED) is 0.676. The summed E-state index contributed by atoms with van der Waals surface area (Å²) in [6.07, 6.45) is 0.453. The van der Waals surface area contributed by atoms with Gasteiger partial charge in [-0.25, -0.2) is 9.18 Å². The first kappa shape index (κ1) is 15.6. The van der Waals surface area contributed by atoms with Crippen LogP contribution in [0.25, 0.3) is 0 Å². The van der Waals surface area contributed by atoms with Gasteiger partial charge >= 0.3 is 5.97 Å².